The van der Waals surface area contributed by atoms with Gasteiger partial charge in [0, 0.05) is 23.6 Å². The molecule has 0 amide bonds. The van der Waals surface area contributed by atoms with Crippen LogP contribution in [0.25, 0.3) is 0 Å². The van der Waals surface area contributed by atoms with Gasteiger partial charge in [0.1, 0.15) is 5.01 Å². The first-order chi connectivity index (χ1) is 7.81. The lowest BCUT2D eigenvalue weighted by atomic mass is 9.99. The standard InChI is InChI=1S/C12H20N2OS/c1-3-5-13-11(10-4-6-15-7-10)12-14-9(2)8-16-12/h8,10-11,13H,3-7H2,1-2H3. The van der Waals surface area contributed by atoms with Crippen molar-refractivity contribution in [3.63, 3.8) is 0 Å². The van der Waals surface area contributed by atoms with Gasteiger partial charge in [0.2, 0.25) is 0 Å². The van der Waals surface area contributed by atoms with Crippen molar-refractivity contribution in [3.8, 4) is 0 Å². The monoisotopic (exact) mass is 240 g/mol. The third-order valence-electron chi connectivity index (χ3n) is 2.95. The maximum atomic E-state index is 5.48. The highest BCUT2D eigenvalue weighted by atomic mass is 32.1. The van der Waals surface area contributed by atoms with Crippen LogP contribution < -0.4 is 5.32 Å². The highest BCUT2D eigenvalue weighted by Gasteiger charge is 2.28. The highest BCUT2D eigenvalue weighted by molar-refractivity contribution is 7.09. The zero-order valence-electron chi connectivity index (χ0n) is 10.0. The number of nitrogens with one attached hydrogen (secondary N) is 1. The summed E-state index contributed by atoms with van der Waals surface area (Å²) in [5.41, 5.74) is 1.13. The largest absolute Gasteiger partial charge is 0.381 e. The number of aromatic nitrogens is 1. The molecule has 4 heteroatoms. The molecule has 1 saturated heterocycles. The molecule has 16 heavy (non-hydrogen) atoms. The zero-order valence-corrected chi connectivity index (χ0v) is 10.8. The molecule has 90 valence electrons. The predicted molar refractivity (Wildman–Crippen MR) is 66.8 cm³/mol. The summed E-state index contributed by atoms with van der Waals surface area (Å²) in [6.07, 6.45) is 2.31. The van der Waals surface area contributed by atoms with Gasteiger partial charge in [-0.1, -0.05) is 6.92 Å². The number of aryl methyl sites for hydroxylation is 1. The van der Waals surface area contributed by atoms with E-state index in [1.165, 1.54) is 5.01 Å². The summed E-state index contributed by atoms with van der Waals surface area (Å²) in [6.45, 7) is 7.09. The van der Waals surface area contributed by atoms with Crippen LogP contribution in [0.4, 0.5) is 0 Å². The maximum absolute atomic E-state index is 5.48. The number of rotatable bonds is 5. The van der Waals surface area contributed by atoms with E-state index in [0.29, 0.717) is 12.0 Å². The third kappa shape index (κ3) is 2.81. The molecule has 1 aliphatic heterocycles. The highest BCUT2D eigenvalue weighted by Crippen LogP contribution is 2.30. The minimum atomic E-state index is 0.390. The Morgan fingerprint density at radius 3 is 3.12 bits per heavy atom. The van der Waals surface area contributed by atoms with Crippen LogP contribution in [0.2, 0.25) is 0 Å². The Labute approximate surface area is 101 Å². The van der Waals surface area contributed by atoms with Gasteiger partial charge in [0.15, 0.2) is 0 Å². The number of ether oxygens (including phenoxy) is 1. The minimum Gasteiger partial charge on any atom is -0.381 e. The summed E-state index contributed by atoms with van der Waals surface area (Å²) in [5.74, 6) is 0.595. The van der Waals surface area contributed by atoms with Crippen LogP contribution in [0.1, 0.15) is 36.5 Å². The molecule has 0 aliphatic carbocycles. The molecule has 1 fully saturated rings. The van der Waals surface area contributed by atoms with E-state index in [2.05, 4.69) is 29.5 Å². The third-order valence-corrected chi connectivity index (χ3v) is 4.00. The number of hydrogen-bond donors (Lipinski definition) is 1. The average molecular weight is 240 g/mol. The second-order valence-electron chi connectivity index (χ2n) is 4.38. The molecule has 3 nitrogen and oxygen atoms in total. The minimum absolute atomic E-state index is 0.390. The van der Waals surface area contributed by atoms with Crippen LogP contribution >= 0.6 is 11.3 Å². The van der Waals surface area contributed by atoms with E-state index in [1.54, 1.807) is 11.3 Å². The summed E-state index contributed by atoms with van der Waals surface area (Å²) in [5, 5.41) is 6.96. The number of nitrogens with zero attached hydrogens (tertiary/aromatic N) is 1. The van der Waals surface area contributed by atoms with Crippen molar-refractivity contribution in [1.82, 2.24) is 10.3 Å². The molecule has 1 aromatic rings. The van der Waals surface area contributed by atoms with Crippen molar-refractivity contribution in [1.29, 1.82) is 0 Å². The van der Waals surface area contributed by atoms with E-state index in [0.717, 1.165) is 38.3 Å². The number of hydrogen-bond acceptors (Lipinski definition) is 4. The predicted octanol–water partition coefficient (Wildman–Crippen LogP) is 2.53. The summed E-state index contributed by atoms with van der Waals surface area (Å²) in [4.78, 5) is 4.61. The molecule has 1 aliphatic rings. The molecule has 2 atom stereocenters. The first-order valence-electron chi connectivity index (χ1n) is 6.04. The molecule has 1 N–H and O–H groups in total. The molecule has 0 radical (unpaired) electrons. The molecule has 0 spiro atoms. The van der Waals surface area contributed by atoms with Crippen LogP contribution in [-0.4, -0.2) is 24.7 Å². The first-order valence-corrected chi connectivity index (χ1v) is 6.92. The van der Waals surface area contributed by atoms with Gasteiger partial charge < -0.3 is 10.1 Å². The Morgan fingerprint density at radius 1 is 1.69 bits per heavy atom. The van der Waals surface area contributed by atoms with Crippen LogP contribution in [0.15, 0.2) is 5.38 Å². The van der Waals surface area contributed by atoms with Gasteiger partial charge in [-0.2, -0.15) is 0 Å². The van der Waals surface area contributed by atoms with Gasteiger partial charge >= 0.3 is 0 Å². The lowest BCUT2D eigenvalue weighted by molar-refractivity contribution is 0.176. The van der Waals surface area contributed by atoms with E-state index in [-0.39, 0.29) is 0 Å². The van der Waals surface area contributed by atoms with Crippen LogP contribution in [0, 0.1) is 12.8 Å². The van der Waals surface area contributed by atoms with Crippen molar-refractivity contribution in [2.75, 3.05) is 19.8 Å². The molecule has 2 unspecified atom stereocenters. The van der Waals surface area contributed by atoms with Crippen molar-refractivity contribution < 1.29 is 4.74 Å². The second-order valence-corrected chi connectivity index (χ2v) is 5.27. The summed E-state index contributed by atoms with van der Waals surface area (Å²) in [7, 11) is 0. The Bertz CT molecular complexity index is 321. The molecule has 0 saturated carbocycles. The Morgan fingerprint density at radius 2 is 2.56 bits per heavy atom. The van der Waals surface area contributed by atoms with E-state index in [9.17, 15) is 0 Å². The van der Waals surface area contributed by atoms with Crippen molar-refractivity contribution in [2.45, 2.75) is 32.7 Å². The summed E-state index contributed by atoms with van der Waals surface area (Å²) < 4.78 is 5.48. The fraction of sp³-hybridized carbons (Fsp3) is 0.750. The molecule has 2 heterocycles. The Kier molecular flexibility index (Phi) is 4.32. The average Bonchev–Trinajstić information content (AvgIpc) is 2.91. The first kappa shape index (κ1) is 12.0. The SMILES string of the molecule is CCCNC(c1nc(C)cs1)C1CCOC1. The molecule has 0 bridgehead atoms. The Balaban J connectivity index is 2.06. The molecule has 2 rings (SSSR count). The fourth-order valence-electron chi connectivity index (χ4n) is 2.09. The van der Waals surface area contributed by atoms with Crippen molar-refractivity contribution in [2.24, 2.45) is 5.92 Å². The summed E-state index contributed by atoms with van der Waals surface area (Å²) >= 11 is 1.77. The number of thiazole rings is 1. The fourth-order valence-corrected chi connectivity index (χ4v) is 3.05. The quantitative estimate of drug-likeness (QED) is 0.859. The molecular weight excluding hydrogens is 220 g/mol. The van der Waals surface area contributed by atoms with Crippen LogP contribution in [0.3, 0.4) is 0 Å². The lowest BCUT2D eigenvalue weighted by Gasteiger charge is -2.21. The van der Waals surface area contributed by atoms with E-state index in [4.69, 9.17) is 4.74 Å². The van der Waals surface area contributed by atoms with E-state index in [1.807, 2.05) is 0 Å². The van der Waals surface area contributed by atoms with E-state index >= 15 is 0 Å². The van der Waals surface area contributed by atoms with Crippen molar-refractivity contribution in [3.05, 3.63) is 16.1 Å². The summed E-state index contributed by atoms with van der Waals surface area (Å²) in [6, 6.07) is 0.390. The van der Waals surface area contributed by atoms with Crippen LogP contribution in [0.5, 0.6) is 0 Å². The topological polar surface area (TPSA) is 34.2 Å². The smallest absolute Gasteiger partial charge is 0.110 e. The zero-order chi connectivity index (χ0) is 11.4. The van der Waals surface area contributed by atoms with Gasteiger partial charge in [0.05, 0.1) is 12.6 Å². The lowest BCUT2D eigenvalue weighted by Crippen LogP contribution is -2.29. The van der Waals surface area contributed by atoms with Gasteiger partial charge in [-0.15, -0.1) is 11.3 Å². The molecule has 0 aromatic carbocycles. The molecular formula is C12H20N2OS. The van der Waals surface area contributed by atoms with Crippen LogP contribution in [-0.2, 0) is 4.74 Å². The van der Waals surface area contributed by atoms with Crippen molar-refractivity contribution >= 4 is 11.3 Å². The Hall–Kier alpha value is -0.450. The van der Waals surface area contributed by atoms with Gasteiger partial charge in [-0.25, -0.2) is 4.98 Å². The second kappa shape index (κ2) is 5.75. The van der Waals surface area contributed by atoms with Gasteiger partial charge in [-0.3, -0.25) is 0 Å². The normalized spacial score (nSPS) is 22.5. The van der Waals surface area contributed by atoms with Gasteiger partial charge in [-0.05, 0) is 26.3 Å². The van der Waals surface area contributed by atoms with E-state index < -0.39 is 0 Å². The maximum Gasteiger partial charge on any atom is 0.110 e. The molecule has 1 aromatic heterocycles. The van der Waals surface area contributed by atoms with Gasteiger partial charge in [0.25, 0.3) is 0 Å².